The van der Waals surface area contributed by atoms with Gasteiger partial charge < -0.3 is 4.74 Å². The Morgan fingerprint density at radius 2 is 2.12 bits per heavy atom. The summed E-state index contributed by atoms with van der Waals surface area (Å²) in [6.45, 7) is 0. The fraction of sp³-hybridized carbons (Fsp3) is 0.0769. The monoisotopic (exact) mass is 213 g/mol. The van der Waals surface area contributed by atoms with Gasteiger partial charge in [0.1, 0.15) is 5.75 Å². The average Bonchev–Trinajstić information content (AvgIpc) is 2.39. The third kappa shape index (κ3) is 1.93. The van der Waals surface area contributed by atoms with Crippen molar-refractivity contribution < 1.29 is 9.53 Å². The molecule has 0 radical (unpaired) electrons. The lowest BCUT2D eigenvalue weighted by Crippen LogP contribution is -1.91. The number of aldehydes is 1. The molecule has 80 valence electrons. The van der Waals surface area contributed by atoms with Gasteiger partial charge in [-0.3, -0.25) is 9.78 Å². The highest BCUT2D eigenvalue weighted by molar-refractivity contribution is 5.81. The molecule has 0 saturated heterocycles. The number of rotatable bonds is 3. The lowest BCUT2D eigenvalue weighted by Gasteiger charge is -2.06. The van der Waals surface area contributed by atoms with Crippen LogP contribution in [0.4, 0.5) is 0 Å². The Kier molecular flexibility index (Phi) is 2.96. The van der Waals surface area contributed by atoms with Crippen LogP contribution in [0.3, 0.4) is 0 Å². The zero-order valence-electron chi connectivity index (χ0n) is 8.88. The lowest BCUT2D eigenvalue weighted by atomic mass is 10.1. The van der Waals surface area contributed by atoms with Gasteiger partial charge in [0.05, 0.1) is 12.7 Å². The molecule has 1 heterocycles. The summed E-state index contributed by atoms with van der Waals surface area (Å²) in [7, 11) is 1.55. The first-order valence-corrected chi connectivity index (χ1v) is 4.89. The van der Waals surface area contributed by atoms with Gasteiger partial charge >= 0.3 is 0 Å². The van der Waals surface area contributed by atoms with Gasteiger partial charge in [-0.05, 0) is 23.8 Å². The van der Waals surface area contributed by atoms with E-state index >= 15 is 0 Å². The molecule has 2 rings (SSSR count). The van der Waals surface area contributed by atoms with Crippen molar-refractivity contribution >= 4 is 6.29 Å². The highest BCUT2D eigenvalue weighted by Gasteiger charge is 2.04. The van der Waals surface area contributed by atoms with Crippen molar-refractivity contribution in [1.82, 2.24) is 4.98 Å². The second kappa shape index (κ2) is 4.57. The number of ether oxygens (including phenoxy) is 1. The van der Waals surface area contributed by atoms with Gasteiger partial charge in [0, 0.05) is 18.0 Å². The van der Waals surface area contributed by atoms with E-state index in [4.69, 9.17) is 4.74 Å². The molecule has 0 aliphatic carbocycles. The molecule has 3 nitrogen and oxygen atoms in total. The SMILES string of the molecule is COc1cc(-c2cccnc2)ccc1C=O. The molecule has 0 fully saturated rings. The first-order valence-electron chi connectivity index (χ1n) is 4.89. The van der Waals surface area contributed by atoms with Gasteiger partial charge in [0.15, 0.2) is 6.29 Å². The summed E-state index contributed by atoms with van der Waals surface area (Å²) in [6.07, 6.45) is 4.28. The number of hydrogen-bond acceptors (Lipinski definition) is 3. The molecule has 16 heavy (non-hydrogen) atoms. The molecule has 0 spiro atoms. The Bertz CT molecular complexity index is 495. The van der Waals surface area contributed by atoms with E-state index in [2.05, 4.69) is 4.98 Å². The van der Waals surface area contributed by atoms with Gasteiger partial charge in [0.25, 0.3) is 0 Å². The molecule has 0 saturated carbocycles. The van der Waals surface area contributed by atoms with E-state index in [0.29, 0.717) is 11.3 Å². The molecule has 0 amide bonds. The van der Waals surface area contributed by atoms with Crippen molar-refractivity contribution in [2.75, 3.05) is 7.11 Å². The normalized spacial score (nSPS) is 9.81. The Morgan fingerprint density at radius 3 is 2.75 bits per heavy atom. The Hall–Kier alpha value is -2.16. The first-order chi connectivity index (χ1) is 7.85. The second-order valence-electron chi connectivity index (χ2n) is 3.32. The molecule has 0 N–H and O–H groups in total. The van der Waals surface area contributed by atoms with Crippen LogP contribution >= 0.6 is 0 Å². The van der Waals surface area contributed by atoms with E-state index in [-0.39, 0.29) is 0 Å². The van der Waals surface area contributed by atoms with Crippen LogP contribution < -0.4 is 4.74 Å². The number of carbonyl (C=O) groups is 1. The molecular formula is C13H11NO2. The maximum Gasteiger partial charge on any atom is 0.153 e. The standard InChI is InChI=1S/C13H11NO2/c1-16-13-7-10(4-5-12(13)9-15)11-3-2-6-14-8-11/h2-9H,1H3. The molecule has 1 aromatic carbocycles. The average molecular weight is 213 g/mol. The Morgan fingerprint density at radius 1 is 1.25 bits per heavy atom. The Balaban J connectivity index is 2.48. The van der Waals surface area contributed by atoms with Crippen molar-refractivity contribution in [3.8, 4) is 16.9 Å². The van der Waals surface area contributed by atoms with Crippen molar-refractivity contribution in [2.45, 2.75) is 0 Å². The fourth-order valence-corrected chi connectivity index (χ4v) is 1.52. The third-order valence-corrected chi connectivity index (χ3v) is 2.36. The summed E-state index contributed by atoms with van der Waals surface area (Å²) in [6, 6.07) is 9.29. The summed E-state index contributed by atoms with van der Waals surface area (Å²) in [5, 5.41) is 0. The predicted octanol–water partition coefficient (Wildman–Crippen LogP) is 2.57. The van der Waals surface area contributed by atoms with Crippen LogP contribution in [0.25, 0.3) is 11.1 Å². The van der Waals surface area contributed by atoms with Crippen LogP contribution in [0.5, 0.6) is 5.75 Å². The number of methoxy groups -OCH3 is 1. The van der Waals surface area contributed by atoms with Crippen LogP contribution in [0.2, 0.25) is 0 Å². The highest BCUT2D eigenvalue weighted by Crippen LogP contribution is 2.25. The van der Waals surface area contributed by atoms with Crippen LogP contribution in [-0.4, -0.2) is 18.4 Å². The molecular weight excluding hydrogens is 202 g/mol. The zero-order chi connectivity index (χ0) is 11.4. The zero-order valence-corrected chi connectivity index (χ0v) is 8.88. The van der Waals surface area contributed by atoms with E-state index in [0.717, 1.165) is 17.4 Å². The van der Waals surface area contributed by atoms with Gasteiger partial charge in [-0.15, -0.1) is 0 Å². The van der Waals surface area contributed by atoms with E-state index < -0.39 is 0 Å². The third-order valence-electron chi connectivity index (χ3n) is 2.36. The molecule has 0 aliphatic heterocycles. The van der Waals surface area contributed by atoms with Crippen LogP contribution in [0.1, 0.15) is 10.4 Å². The highest BCUT2D eigenvalue weighted by atomic mass is 16.5. The van der Waals surface area contributed by atoms with E-state index in [1.165, 1.54) is 0 Å². The maximum absolute atomic E-state index is 10.7. The maximum atomic E-state index is 10.7. The number of pyridine rings is 1. The molecule has 2 aromatic rings. The molecule has 0 atom stereocenters. The van der Waals surface area contributed by atoms with E-state index in [1.54, 1.807) is 25.6 Å². The summed E-state index contributed by atoms with van der Waals surface area (Å²) >= 11 is 0. The quantitative estimate of drug-likeness (QED) is 0.735. The molecule has 3 heteroatoms. The first kappa shape index (κ1) is 10.4. The summed E-state index contributed by atoms with van der Waals surface area (Å²) in [4.78, 5) is 14.8. The fourth-order valence-electron chi connectivity index (χ4n) is 1.52. The van der Waals surface area contributed by atoms with Crippen LogP contribution in [0.15, 0.2) is 42.7 Å². The van der Waals surface area contributed by atoms with Gasteiger partial charge in [-0.1, -0.05) is 12.1 Å². The van der Waals surface area contributed by atoms with Gasteiger partial charge in [0.2, 0.25) is 0 Å². The minimum atomic E-state index is 0.551. The van der Waals surface area contributed by atoms with Crippen molar-refractivity contribution in [3.63, 3.8) is 0 Å². The topological polar surface area (TPSA) is 39.2 Å². The van der Waals surface area contributed by atoms with E-state index in [1.807, 2.05) is 24.3 Å². The Labute approximate surface area is 93.7 Å². The smallest absolute Gasteiger partial charge is 0.153 e. The van der Waals surface area contributed by atoms with Crippen molar-refractivity contribution in [3.05, 3.63) is 48.3 Å². The summed E-state index contributed by atoms with van der Waals surface area (Å²) in [5.74, 6) is 0.580. The number of aromatic nitrogens is 1. The minimum Gasteiger partial charge on any atom is -0.496 e. The number of carbonyl (C=O) groups excluding carboxylic acids is 1. The molecule has 0 aliphatic rings. The number of nitrogens with zero attached hydrogens (tertiary/aromatic N) is 1. The lowest BCUT2D eigenvalue weighted by molar-refractivity contribution is 0.112. The van der Waals surface area contributed by atoms with Gasteiger partial charge in [-0.2, -0.15) is 0 Å². The molecule has 1 aromatic heterocycles. The largest absolute Gasteiger partial charge is 0.496 e. The molecule has 0 unspecified atom stereocenters. The second-order valence-corrected chi connectivity index (χ2v) is 3.32. The summed E-state index contributed by atoms with van der Waals surface area (Å²) < 4.78 is 5.15. The summed E-state index contributed by atoms with van der Waals surface area (Å²) in [5.41, 5.74) is 2.53. The van der Waals surface area contributed by atoms with Crippen LogP contribution in [0, 0.1) is 0 Å². The van der Waals surface area contributed by atoms with Gasteiger partial charge in [-0.25, -0.2) is 0 Å². The number of hydrogen-bond donors (Lipinski definition) is 0. The molecule has 0 bridgehead atoms. The van der Waals surface area contributed by atoms with Crippen molar-refractivity contribution in [2.24, 2.45) is 0 Å². The van der Waals surface area contributed by atoms with E-state index in [9.17, 15) is 4.79 Å². The number of benzene rings is 1. The predicted molar refractivity (Wildman–Crippen MR) is 61.6 cm³/mol. The minimum absolute atomic E-state index is 0.551. The van der Waals surface area contributed by atoms with Crippen LogP contribution in [-0.2, 0) is 0 Å². The van der Waals surface area contributed by atoms with Crippen molar-refractivity contribution in [1.29, 1.82) is 0 Å².